The highest BCUT2D eigenvalue weighted by atomic mass is 79.9. The van der Waals surface area contributed by atoms with Gasteiger partial charge in [-0.05, 0) is 61.5 Å². The fraction of sp³-hybridized carbons (Fsp3) is 0.0455. The van der Waals surface area contributed by atoms with E-state index in [2.05, 4.69) is 15.9 Å². The third kappa shape index (κ3) is 5.15. The number of carbonyl (C=O) groups is 1. The highest BCUT2D eigenvalue weighted by Crippen LogP contribution is 2.32. The van der Waals surface area contributed by atoms with E-state index in [0.717, 1.165) is 21.0 Å². The SMILES string of the molecule is Cc1ccc(S/C(=C/c2ccc(F)cc2F)C(=O)c2ccc(Br)cc2)cc1. The van der Waals surface area contributed by atoms with Gasteiger partial charge in [0.05, 0.1) is 4.91 Å². The summed E-state index contributed by atoms with van der Waals surface area (Å²) in [6.45, 7) is 1.98. The lowest BCUT2D eigenvalue weighted by molar-refractivity contribution is 0.104. The van der Waals surface area contributed by atoms with Crippen LogP contribution in [0.2, 0.25) is 0 Å². The Morgan fingerprint density at radius 1 is 0.963 bits per heavy atom. The summed E-state index contributed by atoms with van der Waals surface area (Å²) in [5.74, 6) is -1.59. The standard InChI is InChI=1S/C22H15BrF2OS/c1-14-2-10-19(11-3-14)27-21(12-16-6-9-18(24)13-20(16)25)22(26)15-4-7-17(23)8-5-15/h2-13H,1H3/b21-12+. The van der Waals surface area contributed by atoms with Gasteiger partial charge in [-0.2, -0.15) is 0 Å². The van der Waals surface area contributed by atoms with Gasteiger partial charge in [0, 0.05) is 26.6 Å². The Balaban J connectivity index is 2.01. The van der Waals surface area contributed by atoms with Gasteiger partial charge in [0.1, 0.15) is 11.6 Å². The minimum absolute atomic E-state index is 0.163. The van der Waals surface area contributed by atoms with E-state index < -0.39 is 11.6 Å². The van der Waals surface area contributed by atoms with E-state index in [4.69, 9.17) is 0 Å². The summed E-state index contributed by atoms with van der Waals surface area (Å²) in [5, 5.41) is 0. The van der Waals surface area contributed by atoms with E-state index in [1.54, 1.807) is 24.3 Å². The number of aryl methyl sites for hydroxylation is 1. The largest absolute Gasteiger partial charge is 0.288 e. The zero-order valence-corrected chi connectivity index (χ0v) is 16.8. The van der Waals surface area contributed by atoms with Crippen molar-refractivity contribution in [1.82, 2.24) is 0 Å². The van der Waals surface area contributed by atoms with Gasteiger partial charge in [-0.25, -0.2) is 8.78 Å². The second-order valence-corrected chi connectivity index (χ2v) is 7.96. The smallest absolute Gasteiger partial charge is 0.199 e. The van der Waals surface area contributed by atoms with Crippen LogP contribution in [0.4, 0.5) is 8.78 Å². The number of carbonyl (C=O) groups excluding carboxylic acids is 1. The fourth-order valence-electron chi connectivity index (χ4n) is 2.38. The Morgan fingerprint density at radius 2 is 1.63 bits per heavy atom. The summed E-state index contributed by atoms with van der Waals surface area (Å²) >= 11 is 4.60. The van der Waals surface area contributed by atoms with Crippen molar-refractivity contribution in [3.63, 3.8) is 0 Å². The van der Waals surface area contributed by atoms with Crippen molar-refractivity contribution in [2.75, 3.05) is 0 Å². The quantitative estimate of drug-likeness (QED) is 0.238. The Morgan fingerprint density at radius 3 is 2.26 bits per heavy atom. The lowest BCUT2D eigenvalue weighted by Gasteiger charge is -2.09. The van der Waals surface area contributed by atoms with Crippen LogP contribution in [0.5, 0.6) is 0 Å². The van der Waals surface area contributed by atoms with Crippen LogP contribution in [0, 0.1) is 18.6 Å². The molecule has 0 unspecified atom stereocenters. The number of Topliss-reactive ketones (excluding diaryl/α,β-unsaturated/α-hetero) is 1. The molecule has 0 aromatic heterocycles. The molecule has 0 fully saturated rings. The van der Waals surface area contributed by atoms with Crippen molar-refractivity contribution in [2.24, 2.45) is 0 Å². The Labute approximate surface area is 169 Å². The normalized spacial score (nSPS) is 11.5. The first-order valence-corrected chi connectivity index (χ1v) is 9.75. The van der Waals surface area contributed by atoms with Crippen molar-refractivity contribution < 1.29 is 13.6 Å². The van der Waals surface area contributed by atoms with Crippen LogP contribution in [0.1, 0.15) is 21.5 Å². The van der Waals surface area contributed by atoms with Crippen molar-refractivity contribution >= 4 is 39.6 Å². The van der Waals surface area contributed by atoms with Crippen LogP contribution >= 0.6 is 27.7 Å². The lowest BCUT2D eigenvalue weighted by Crippen LogP contribution is -2.01. The number of thioether (sulfide) groups is 1. The third-order valence-electron chi connectivity index (χ3n) is 3.83. The molecule has 0 aliphatic rings. The summed E-state index contributed by atoms with van der Waals surface area (Å²) in [6.07, 6.45) is 1.46. The molecular weight excluding hydrogens is 430 g/mol. The molecule has 0 atom stereocenters. The maximum Gasteiger partial charge on any atom is 0.199 e. The summed E-state index contributed by atoms with van der Waals surface area (Å²) < 4.78 is 28.2. The molecular formula is C22H15BrF2OS. The van der Waals surface area contributed by atoms with E-state index in [0.29, 0.717) is 10.5 Å². The van der Waals surface area contributed by atoms with Gasteiger partial charge in [-0.1, -0.05) is 45.4 Å². The Hall–Kier alpha value is -2.24. The van der Waals surface area contributed by atoms with Gasteiger partial charge in [0.2, 0.25) is 0 Å². The molecule has 1 nitrogen and oxygen atoms in total. The van der Waals surface area contributed by atoms with Gasteiger partial charge in [0.15, 0.2) is 5.78 Å². The van der Waals surface area contributed by atoms with Gasteiger partial charge >= 0.3 is 0 Å². The maximum atomic E-state index is 14.1. The van der Waals surface area contributed by atoms with E-state index in [1.165, 1.54) is 30.0 Å². The van der Waals surface area contributed by atoms with Crippen LogP contribution in [-0.2, 0) is 0 Å². The van der Waals surface area contributed by atoms with E-state index in [-0.39, 0.29) is 11.3 Å². The number of hydrogen-bond donors (Lipinski definition) is 0. The molecule has 0 saturated heterocycles. The first-order valence-electron chi connectivity index (χ1n) is 8.14. The number of benzene rings is 3. The molecule has 136 valence electrons. The highest BCUT2D eigenvalue weighted by molar-refractivity contribution is 9.10. The average Bonchev–Trinajstić information content (AvgIpc) is 2.65. The van der Waals surface area contributed by atoms with Crippen molar-refractivity contribution in [3.05, 3.63) is 104 Å². The molecule has 0 radical (unpaired) electrons. The second kappa shape index (κ2) is 8.63. The second-order valence-electron chi connectivity index (χ2n) is 5.93. The van der Waals surface area contributed by atoms with Gasteiger partial charge < -0.3 is 0 Å². The zero-order chi connectivity index (χ0) is 19.4. The molecule has 3 aromatic rings. The molecule has 3 aromatic carbocycles. The van der Waals surface area contributed by atoms with Gasteiger partial charge in [0.25, 0.3) is 0 Å². The molecule has 0 aliphatic heterocycles. The molecule has 27 heavy (non-hydrogen) atoms. The number of ketones is 1. The van der Waals surface area contributed by atoms with Crippen molar-refractivity contribution in [3.8, 4) is 0 Å². The van der Waals surface area contributed by atoms with E-state index in [9.17, 15) is 13.6 Å². The number of rotatable bonds is 5. The maximum absolute atomic E-state index is 14.1. The molecule has 0 spiro atoms. The summed E-state index contributed by atoms with van der Waals surface area (Å²) in [5.41, 5.74) is 1.76. The molecule has 0 N–H and O–H groups in total. The van der Waals surface area contributed by atoms with Crippen molar-refractivity contribution in [1.29, 1.82) is 0 Å². The average molecular weight is 445 g/mol. The Bertz CT molecular complexity index is 996. The molecule has 5 heteroatoms. The number of allylic oxidation sites excluding steroid dienone is 1. The molecule has 3 rings (SSSR count). The fourth-order valence-corrected chi connectivity index (χ4v) is 3.56. The van der Waals surface area contributed by atoms with Gasteiger partial charge in [-0.3, -0.25) is 4.79 Å². The Kier molecular flexibility index (Phi) is 6.24. The van der Waals surface area contributed by atoms with Crippen LogP contribution < -0.4 is 0 Å². The van der Waals surface area contributed by atoms with Gasteiger partial charge in [-0.15, -0.1) is 0 Å². The molecule has 0 amide bonds. The first kappa shape index (κ1) is 19.5. The van der Waals surface area contributed by atoms with Crippen LogP contribution in [0.15, 0.2) is 81.0 Å². The minimum Gasteiger partial charge on any atom is -0.288 e. The van der Waals surface area contributed by atoms with E-state index >= 15 is 0 Å². The highest BCUT2D eigenvalue weighted by Gasteiger charge is 2.15. The minimum atomic E-state index is -0.708. The zero-order valence-electron chi connectivity index (χ0n) is 14.4. The third-order valence-corrected chi connectivity index (χ3v) is 5.39. The number of hydrogen-bond acceptors (Lipinski definition) is 2. The van der Waals surface area contributed by atoms with Crippen LogP contribution in [0.25, 0.3) is 6.08 Å². The van der Waals surface area contributed by atoms with Crippen molar-refractivity contribution in [2.45, 2.75) is 11.8 Å². The number of halogens is 3. The molecule has 0 heterocycles. The van der Waals surface area contributed by atoms with E-state index in [1.807, 2.05) is 31.2 Å². The monoisotopic (exact) mass is 444 g/mol. The predicted molar refractivity (Wildman–Crippen MR) is 110 cm³/mol. The molecule has 0 bridgehead atoms. The predicted octanol–water partition coefficient (Wildman–Crippen LogP) is 7.05. The summed E-state index contributed by atoms with van der Waals surface area (Å²) in [6, 6.07) is 18.0. The topological polar surface area (TPSA) is 17.1 Å². The van der Waals surface area contributed by atoms with Crippen LogP contribution in [0.3, 0.4) is 0 Å². The van der Waals surface area contributed by atoms with Crippen LogP contribution in [-0.4, -0.2) is 5.78 Å². The summed E-state index contributed by atoms with van der Waals surface area (Å²) in [7, 11) is 0. The summed E-state index contributed by atoms with van der Waals surface area (Å²) in [4.78, 5) is 14.2. The lowest BCUT2D eigenvalue weighted by atomic mass is 10.1. The molecule has 0 aliphatic carbocycles. The first-order chi connectivity index (χ1) is 12.9. The molecule has 0 saturated carbocycles.